The highest BCUT2D eigenvalue weighted by atomic mass is 16.5. The van der Waals surface area contributed by atoms with Gasteiger partial charge < -0.3 is 24.4 Å². The van der Waals surface area contributed by atoms with Crippen LogP contribution in [-0.2, 0) is 9.59 Å². The molecule has 1 N–H and O–H groups in total. The van der Waals surface area contributed by atoms with Gasteiger partial charge in [0.25, 0.3) is 11.7 Å². The Bertz CT molecular complexity index is 1100. The van der Waals surface area contributed by atoms with Gasteiger partial charge in [-0.1, -0.05) is 24.8 Å². The summed E-state index contributed by atoms with van der Waals surface area (Å²) in [5, 5.41) is 11.3. The Kier molecular flexibility index (Phi) is 8.71. The summed E-state index contributed by atoms with van der Waals surface area (Å²) < 4.78 is 11.2. The Labute approximate surface area is 207 Å². The average molecular weight is 479 g/mol. The predicted molar refractivity (Wildman–Crippen MR) is 137 cm³/mol. The number of nitrogens with zero attached hydrogens (tertiary/aromatic N) is 2. The minimum absolute atomic E-state index is 0.0863. The number of benzene rings is 2. The Balaban J connectivity index is 2.06. The molecule has 1 fully saturated rings. The number of hydrogen-bond donors (Lipinski definition) is 1. The summed E-state index contributed by atoms with van der Waals surface area (Å²) in [4.78, 5) is 29.9. The zero-order valence-corrected chi connectivity index (χ0v) is 20.9. The first-order chi connectivity index (χ1) is 16.8. The summed E-state index contributed by atoms with van der Waals surface area (Å²) in [7, 11) is 3.92. The number of Topliss-reactive ketones (excluding diaryl/α,β-unsaturated/α-hetero) is 1. The summed E-state index contributed by atoms with van der Waals surface area (Å²) in [6.07, 6.45) is 2.35. The van der Waals surface area contributed by atoms with Gasteiger partial charge in [-0.2, -0.15) is 0 Å². The second-order valence-corrected chi connectivity index (χ2v) is 8.73. The van der Waals surface area contributed by atoms with Gasteiger partial charge in [0.15, 0.2) is 0 Å². The summed E-state index contributed by atoms with van der Waals surface area (Å²) in [6.45, 7) is 9.48. The van der Waals surface area contributed by atoms with Crippen molar-refractivity contribution in [3.8, 4) is 11.5 Å². The molecule has 1 atom stereocenters. The van der Waals surface area contributed by atoms with Gasteiger partial charge in [-0.05, 0) is 82.4 Å². The lowest BCUT2D eigenvalue weighted by Gasteiger charge is -2.26. The van der Waals surface area contributed by atoms with Crippen LogP contribution in [0.1, 0.15) is 36.1 Å². The number of carbonyl (C=O) groups is 2. The molecule has 2 aromatic rings. The van der Waals surface area contributed by atoms with Crippen LogP contribution in [-0.4, -0.2) is 67.0 Å². The molecule has 0 aliphatic carbocycles. The van der Waals surface area contributed by atoms with Crippen LogP contribution in [0, 0.1) is 6.92 Å². The van der Waals surface area contributed by atoms with E-state index in [1.54, 1.807) is 41.3 Å². The molecule has 0 saturated carbocycles. The molecule has 3 rings (SSSR count). The largest absolute Gasteiger partial charge is 0.507 e. The van der Waals surface area contributed by atoms with Crippen molar-refractivity contribution in [3.63, 3.8) is 0 Å². The summed E-state index contributed by atoms with van der Waals surface area (Å²) in [5.74, 6) is -0.123. The third-order valence-corrected chi connectivity index (χ3v) is 5.86. The van der Waals surface area contributed by atoms with E-state index in [-0.39, 0.29) is 11.3 Å². The van der Waals surface area contributed by atoms with E-state index in [2.05, 4.69) is 6.58 Å². The number of carbonyl (C=O) groups excluding carboxylic acids is 2. The van der Waals surface area contributed by atoms with Gasteiger partial charge in [0, 0.05) is 12.1 Å². The van der Waals surface area contributed by atoms with Crippen LogP contribution in [0.25, 0.3) is 5.76 Å². The van der Waals surface area contributed by atoms with E-state index in [1.165, 1.54) is 0 Å². The van der Waals surface area contributed by atoms with Crippen molar-refractivity contribution in [1.82, 2.24) is 9.80 Å². The van der Waals surface area contributed by atoms with Crippen LogP contribution >= 0.6 is 0 Å². The number of amides is 1. The molecule has 0 aromatic heterocycles. The molecule has 1 aliphatic heterocycles. The lowest BCUT2D eigenvalue weighted by Crippen LogP contribution is -2.32. The molecule has 186 valence electrons. The van der Waals surface area contributed by atoms with E-state index in [1.807, 2.05) is 45.0 Å². The van der Waals surface area contributed by atoms with Gasteiger partial charge in [0.1, 0.15) is 23.9 Å². The second-order valence-electron chi connectivity index (χ2n) is 8.73. The molecule has 1 amide bonds. The van der Waals surface area contributed by atoms with Crippen molar-refractivity contribution >= 4 is 17.4 Å². The van der Waals surface area contributed by atoms with E-state index in [9.17, 15) is 14.7 Å². The van der Waals surface area contributed by atoms with Gasteiger partial charge >= 0.3 is 0 Å². The SMILES string of the molecule is C=CCOc1ccc([C@H]2C(=C(O)c3ccc(OCC)c(C)c3)C(=O)C(=O)N2CCCN(C)C)cc1. The van der Waals surface area contributed by atoms with Gasteiger partial charge in [-0.25, -0.2) is 0 Å². The van der Waals surface area contributed by atoms with Crippen LogP contribution in [0.2, 0.25) is 0 Å². The molecule has 35 heavy (non-hydrogen) atoms. The highest BCUT2D eigenvalue weighted by molar-refractivity contribution is 6.46. The smallest absolute Gasteiger partial charge is 0.295 e. The first-order valence-corrected chi connectivity index (χ1v) is 11.8. The molecule has 1 saturated heterocycles. The van der Waals surface area contributed by atoms with Gasteiger partial charge in [0.2, 0.25) is 0 Å². The minimum Gasteiger partial charge on any atom is -0.507 e. The highest BCUT2D eigenvalue weighted by Crippen LogP contribution is 2.40. The van der Waals surface area contributed by atoms with Crippen molar-refractivity contribution in [1.29, 1.82) is 0 Å². The number of aliphatic hydroxyl groups is 1. The number of rotatable bonds is 11. The number of hydrogen-bond acceptors (Lipinski definition) is 6. The molecule has 1 heterocycles. The Morgan fingerprint density at radius 1 is 1.14 bits per heavy atom. The highest BCUT2D eigenvalue weighted by Gasteiger charge is 2.45. The number of ether oxygens (including phenoxy) is 2. The number of likely N-dealkylation sites (tertiary alicyclic amines) is 1. The summed E-state index contributed by atoms with van der Waals surface area (Å²) >= 11 is 0. The molecule has 7 heteroatoms. The molecule has 0 spiro atoms. The quantitative estimate of drug-likeness (QED) is 0.224. The van der Waals surface area contributed by atoms with E-state index in [0.29, 0.717) is 43.2 Å². The molecular formula is C28H34N2O5. The fourth-order valence-corrected chi connectivity index (χ4v) is 4.19. The molecule has 2 aromatic carbocycles. The van der Waals surface area contributed by atoms with Gasteiger partial charge in [0.05, 0.1) is 18.2 Å². The maximum atomic E-state index is 13.2. The van der Waals surface area contributed by atoms with Crippen LogP contribution in [0.5, 0.6) is 11.5 Å². The topological polar surface area (TPSA) is 79.3 Å². The lowest BCUT2D eigenvalue weighted by molar-refractivity contribution is -0.139. The normalized spacial score (nSPS) is 17.2. The molecule has 0 bridgehead atoms. The summed E-state index contributed by atoms with van der Waals surface area (Å²) in [5.41, 5.74) is 2.11. The minimum atomic E-state index is -0.697. The summed E-state index contributed by atoms with van der Waals surface area (Å²) in [6, 6.07) is 11.8. The van der Waals surface area contributed by atoms with Crippen molar-refractivity contribution in [3.05, 3.63) is 77.4 Å². The standard InChI is InChI=1S/C28H34N2O5/c1-6-17-35-22-12-9-20(10-13-22)25-24(27(32)28(33)30(25)16-8-15-29(4)5)26(31)21-11-14-23(34-7-2)19(3)18-21/h6,9-14,18,25,31H,1,7-8,15-17H2,2-5H3/t25-/m0/s1. The number of ketones is 1. The van der Waals surface area contributed by atoms with Crippen LogP contribution in [0.3, 0.4) is 0 Å². The lowest BCUT2D eigenvalue weighted by atomic mass is 9.94. The Hall–Kier alpha value is -3.58. The first kappa shape index (κ1) is 26.0. The Morgan fingerprint density at radius 3 is 2.46 bits per heavy atom. The van der Waals surface area contributed by atoms with E-state index < -0.39 is 17.7 Å². The predicted octanol–water partition coefficient (Wildman–Crippen LogP) is 4.33. The third kappa shape index (κ3) is 5.92. The zero-order valence-electron chi connectivity index (χ0n) is 20.9. The van der Waals surface area contributed by atoms with Crippen molar-refractivity contribution in [2.24, 2.45) is 0 Å². The van der Waals surface area contributed by atoms with Crippen molar-refractivity contribution in [2.45, 2.75) is 26.3 Å². The van der Waals surface area contributed by atoms with E-state index in [0.717, 1.165) is 17.7 Å². The second kappa shape index (κ2) is 11.7. The maximum absolute atomic E-state index is 13.2. The van der Waals surface area contributed by atoms with Gasteiger partial charge in [-0.15, -0.1) is 0 Å². The van der Waals surface area contributed by atoms with Crippen LogP contribution < -0.4 is 9.47 Å². The monoisotopic (exact) mass is 478 g/mol. The molecule has 7 nitrogen and oxygen atoms in total. The average Bonchev–Trinajstić information content (AvgIpc) is 3.09. The molecule has 0 unspecified atom stereocenters. The first-order valence-electron chi connectivity index (χ1n) is 11.8. The molecule has 0 radical (unpaired) electrons. The van der Waals surface area contributed by atoms with Crippen molar-refractivity contribution in [2.75, 3.05) is 40.4 Å². The number of aryl methyl sites for hydroxylation is 1. The fraction of sp³-hybridized carbons (Fsp3) is 0.357. The Morgan fingerprint density at radius 2 is 1.86 bits per heavy atom. The maximum Gasteiger partial charge on any atom is 0.295 e. The van der Waals surface area contributed by atoms with Crippen molar-refractivity contribution < 1.29 is 24.2 Å². The van der Waals surface area contributed by atoms with Crippen LogP contribution in [0.4, 0.5) is 0 Å². The molecular weight excluding hydrogens is 444 g/mol. The fourth-order valence-electron chi connectivity index (χ4n) is 4.19. The van der Waals surface area contributed by atoms with E-state index in [4.69, 9.17) is 9.47 Å². The molecule has 1 aliphatic rings. The van der Waals surface area contributed by atoms with Crippen LogP contribution in [0.15, 0.2) is 60.7 Å². The van der Waals surface area contributed by atoms with E-state index >= 15 is 0 Å². The number of aliphatic hydroxyl groups excluding tert-OH is 1. The van der Waals surface area contributed by atoms with Gasteiger partial charge in [-0.3, -0.25) is 9.59 Å². The zero-order chi connectivity index (χ0) is 25.5. The third-order valence-electron chi connectivity index (χ3n) is 5.86.